The van der Waals surface area contributed by atoms with Gasteiger partial charge in [-0.2, -0.15) is 0 Å². The van der Waals surface area contributed by atoms with Gasteiger partial charge in [-0.1, -0.05) is 92.5 Å². The van der Waals surface area contributed by atoms with Crippen LogP contribution in [0, 0.1) is 0 Å². The molecule has 0 bridgehead atoms. The number of hydrogen-bond donors (Lipinski definition) is 1. The van der Waals surface area contributed by atoms with E-state index in [4.69, 9.17) is 19.3 Å². The van der Waals surface area contributed by atoms with E-state index in [1.54, 1.807) is 12.1 Å². The standard InChI is InChI=1S/C21H21BrO3.C13H16O2.C8H7BrO2/c22-16-6-7-20-18(12-16)19(23)13-21(25-20)10-8-17(9-11-21)24-14-15-4-2-1-3-5-15;14-12-6-8-13(9-7-12)15-10-11-4-2-1-3-5-11;1-5(10)7-4-6(9)2-3-8(7)11/h1-7,12,17H,8-11,13-14H2;1-5,13H,6-10H2;2-4,11H,1H3. The Morgan fingerprint density at radius 1 is 0.765 bits per heavy atom. The molecule has 1 spiro atoms. The van der Waals surface area contributed by atoms with Gasteiger partial charge in [0.25, 0.3) is 0 Å². The van der Waals surface area contributed by atoms with Gasteiger partial charge < -0.3 is 19.3 Å². The third kappa shape index (κ3) is 11.7. The molecular formula is C42H44Br2O7. The number of Topliss-reactive ketones (excluding diaryl/α,β-unsaturated/α-hetero) is 3. The number of hydrogen-bond acceptors (Lipinski definition) is 7. The number of halogens is 2. The Labute approximate surface area is 317 Å². The Morgan fingerprint density at radius 2 is 1.29 bits per heavy atom. The third-order valence-electron chi connectivity index (χ3n) is 9.38. The van der Waals surface area contributed by atoms with Crippen LogP contribution in [0.5, 0.6) is 11.5 Å². The summed E-state index contributed by atoms with van der Waals surface area (Å²) in [5.74, 6) is 1.19. The summed E-state index contributed by atoms with van der Waals surface area (Å²) in [6.07, 6.45) is 7.79. The molecule has 1 heterocycles. The zero-order chi connectivity index (χ0) is 36.2. The summed E-state index contributed by atoms with van der Waals surface area (Å²) in [4.78, 5) is 34.4. The molecule has 7 nitrogen and oxygen atoms in total. The van der Waals surface area contributed by atoms with Gasteiger partial charge in [0, 0.05) is 21.8 Å². The van der Waals surface area contributed by atoms with Crippen molar-refractivity contribution in [3.8, 4) is 11.5 Å². The highest BCUT2D eigenvalue weighted by Crippen LogP contribution is 2.43. The van der Waals surface area contributed by atoms with Crippen molar-refractivity contribution in [2.45, 2.75) is 95.7 Å². The topological polar surface area (TPSA) is 99.1 Å². The van der Waals surface area contributed by atoms with E-state index in [0.29, 0.717) is 49.4 Å². The number of fused-ring (bicyclic) bond motifs is 1. The van der Waals surface area contributed by atoms with Gasteiger partial charge in [0.15, 0.2) is 11.6 Å². The van der Waals surface area contributed by atoms with E-state index >= 15 is 0 Å². The van der Waals surface area contributed by atoms with Gasteiger partial charge >= 0.3 is 0 Å². The van der Waals surface area contributed by atoms with E-state index in [1.807, 2.05) is 54.6 Å². The average molecular weight is 821 g/mol. The minimum absolute atomic E-state index is 0.0284. The molecule has 2 aliphatic carbocycles. The monoisotopic (exact) mass is 818 g/mol. The second-order valence-corrected chi connectivity index (χ2v) is 15.1. The second kappa shape index (κ2) is 18.7. The molecule has 3 aliphatic rings. The largest absolute Gasteiger partial charge is 0.507 e. The number of rotatable bonds is 7. The van der Waals surface area contributed by atoms with Crippen molar-refractivity contribution in [3.05, 3.63) is 128 Å². The number of phenolic OH excluding ortho intramolecular Hbond substituents is 1. The van der Waals surface area contributed by atoms with Gasteiger partial charge in [0.2, 0.25) is 0 Å². The third-order valence-corrected chi connectivity index (χ3v) is 10.4. The summed E-state index contributed by atoms with van der Waals surface area (Å²) in [6.45, 7) is 2.73. The second-order valence-electron chi connectivity index (χ2n) is 13.3. The highest BCUT2D eigenvalue weighted by Gasteiger charge is 2.43. The number of carbonyl (C=O) groups is 3. The molecule has 0 radical (unpaired) electrons. The normalized spacial score (nSPS) is 19.9. The van der Waals surface area contributed by atoms with Gasteiger partial charge in [0.1, 0.15) is 22.9 Å². The molecule has 2 fully saturated rings. The van der Waals surface area contributed by atoms with Crippen molar-refractivity contribution >= 4 is 49.2 Å². The summed E-state index contributed by atoms with van der Waals surface area (Å²) in [7, 11) is 0. The smallest absolute Gasteiger partial charge is 0.170 e. The molecule has 0 aromatic heterocycles. The molecule has 2 saturated carbocycles. The number of ether oxygens (including phenoxy) is 3. The molecule has 0 atom stereocenters. The quantitative estimate of drug-likeness (QED) is 0.185. The Kier molecular flexibility index (Phi) is 14.2. The van der Waals surface area contributed by atoms with E-state index in [1.165, 1.54) is 24.1 Å². The van der Waals surface area contributed by atoms with Gasteiger partial charge in [-0.3, -0.25) is 14.4 Å². The van der Waals surface area contributed by atoms with Crippen LogP contribution in [0.4, 0.5) is 0 Å². The molecule has 1 aliphatic heterocycles. The Morgan fingerprint density at radius 3 is 1.84 bits per heavy atom. The average Bonchev–Trinajstić information content (AvgIpc) is 3.14. The van der Waals surface area contributed by atoms with Crippen LogP contribution in [0.25, 0.3) is 0 Å². The molecule has 268 valence electrons. The van der Waals surface area contributed by atoms with Crippen molar-refractivity contribution in [3.63, 3.8) is 0 Å². The maximum Gasteiger partial charge on any atom is 0.170 e. The van der Waals surface area contributed by atoms with Crippen LogP contribution in [-0.4, -0.2) is 40.3 Å². The zero-order valence-corrected chi connectivity index (χ0v) is 32.0. The predicted molar refractivity (Wildman–Crippen MR) is 204 cm³/mol. The number of carbonyl (C=O) groups excluding carboxylic acids is 3. The lowest BCUT2D eigenvalue weighted by Gasteiger charge is -2.42. The van der Waals surface area contributed by atoms with Crippen molar-refractivity contribution < 1.29 is 33.7 Å². The van der Waals surface area contributed by atoms with Gasteiger partial charge in [-0.25, -0.2) is 0 Å². The Bertz CT molecular complexity index is 1760. The highest BCUT2D eigenvalue weighted by molar-refractivity contribution is 9.10. The first-order valence-electron chi connectivity index (χ1n) is 17.4. The van der Waals surface area contributed by atoms with Gasteiger partial charge in [-0.05, 0) is 93.0 Å². The number of ketones is 3. The van der Waals surface area contributed by atoms with Crippen molar-refractivity contribution in [1.82, 2.24) is 0 Å². The fourth-order valence-corrected chi connectivity index (χ4v) is 7.20. The first-order valence-corrected chi connectivity index (χ1v) is 19.0. The van der Waals surface area contributed by atoms with Crippen LogP contribution >= 0.6 is 31.9 Å². The number of aromatic hydroxyl groups is 1. The molecule has 4 aromatic rings. The van der Waals surface area contributed by atoms with E-state index in [-0.39, 0.29) is 35.1 Å². The first kappa shape index (κ1) is 38.6. The summed E-state index contributed by atoms with van der Waals surface area (Å²) in [6, 6.07) is 30.9. The predicted octanol–water partition coefficient (Wildman–Crippen LogP) is 10.4. The molecule has 9 heteroatoms. The number of benzene rings is 4. The van der Waals surface area contributed by atoms with Crippen LogP contribution in [0.1, 0.15) is 96.6 Å². The fraction of sp³-hybridized carbons (Fsp3) is 0.357. The molecule has 7 rings (SSSR count). The van der Waals surface area contributed by atoms with Crippen molar-refractivity contribution in [2.75, 3.05) is 0 Å². The lowest BCUT2D eigenvalue weighted by atomic mass is 9.77. The number of phenols is 1. The molecule has 0 saturated heterocycles. The molecule has 4 aromatic carbocycles. The molecule has 0 amide bonds. The van der Waals surface area contributed by atoms with E-state index < -0.39 is 0 Å². The van der Waals surface area contributed by atoms with Crippen LogP contribution in [0.15, 0.2) is 106 Å². The Balaban J connectivity index is 0.000000165. The summed E-state index contributed by atoms with van der Waals surface area (Å²) < 4.78 is 19.8. The summed E-state index contributed by atoms with van der Waals surface area (Å²) in [5.41, 5.74) is 3.10. The van der Waals surface area contributed by atoms with E-state index in [0.717, 1.165) is 53.2 Å². The lowest BCUT2D eigenvalue weighted by molar-refractivity contribution is -0.123. The maximum atomic E-state index is 12.6. The first-order chi connectivity index (χ1) is 24.6. The Hall–Kier alpha value is -3.63. The van der Waals surface area contributed by atoms with Crippen molar-refractivity contribution in [1.29, 1.82) is 0 Å². The van der Waals surface area contributed by atoms with Gasteiger partial charge in [0.05, 0.1) is 43.0 Å². The minimum Gasteiger partial charge on any atom is -0.507 e. The summed E-state index contributed by atoms with van der Waals surface area (Å²) >= 11 is 6.63. The van der Waals surface area contributed by atoms with Crippen LogP contribution in [0.2, 0.25) is 0 Å². The fourth-order valence-electron chi connectivity index (χ4n) is 6.48. The SMILES string of the molecule is CC(=O)c1cc(Br)ccc1O.O=C1CC2(CCC(OCc3ccccc3)CC2)Oc2ccc(Br)cc21.O=C1CCC(OCc2ccccc2)CC1. The zero-order valence-electron chi connectivity index (χ0n) is 28.8. The lowest BCUT2D eigenvalue weighted by Crippen LogP contribution is -2.46. The van der Waals surface area contributed by atoms with Crippen LogP contribution in [0.3, 0.4) is 0 Å². The van der Waals surface area contributed by atoms with Crippen LogP contribution in [-0.2, 0) is 27.5 Å². The molecule has 51 heavy (non-hydrogen) atoms. The maximum absolute atomic E-state index is 12.6. The van der Waals surface area contributed by atoms with E-state index in [9.17, 15) is 14.4 Å². The van der Waals surface area contributed by atoms with E-state index in [2.05, 4.69) is 56.1 Å². The summed E-state index contributed by atoms with van der Waals surface area (Å²) in [5, 5.41) is 9.16. The highest BCUT2D eigenvalue weighted by atomic mass is 79.9. The van der Waals surface area contributed by atoms with Crippen molar-refractivity contribution in [2.24, 2.45) is 0 Å². The molecular weight excluding hydrogens is 776 g/mol. The minimum atomic E-state index is -0.343. The molecule has 0 unspecified atom stereocenters. The molecule has 1 N–H and O–H groups in total. The van der Waals surface area contributed by atoms with Crippen LogP contribution < -0.4 is 4.74 Å². The van der Waals surface area contributed by atoms with Gasteiger partial charge in [-0.15, -0.1) is 0 Å².